The lowest BCUT2D eigenvalue weighted by Gasteiger charge is -2.10. The highest BCUT2D eigenvalue weighted by Crippen LogP contribution is 2.20. The van der Waals surface area contributed by atoms with Crippen molar-refractivity contribution >= 4 is 0 Å². The highest BCUT2D eigenvalue weighted by atomic mass is 14.1. The summed E-state index contributed by atoms with van der Waals surface area (Å²) in [7, 11) is 0. The summed E-state index contributed by atoms with van der Waals surface area (Å²) >= 11 is 0. The van der Waals surface area contributed by atoms with Crippen LogP contribution in [0.15, 0.2) is 72.8 Å². The summed E-state index contributed by atoms with van der Waals surface area (Å²) in [5, 5.41) is 0. The molecule has 3 rings (SSSR count). The monoisotopic (exact) mass is 342 g/mol. The van der Waals surface area contributed by atoms with Crippen LogP contribution in [-0.4, -0.2) is 0 Å². The Morgan fingerprint density at radius 1 is 0.615 bits per heavy atom. The molecular weight excluding hydrogens is 312 g/mol. The first kappa shape index (κ1) is 18.5. The van der Waals surface area contributed by atoms with Crippen LogP contribution in [0.4, 0.5) is 0 Å². The van der Waals surface area contributed by atoms with E-state index in [0.29, 0.717) is 5.92 Å². The fourth-order valence-electron chi connectivity index (χ4n) is 3.30. The third kappa shape index (κ3) is 5.08. The number of hydrogen-bond donors (Lipinski definition) is 0. The van der Waals surface area contributed by atoms with Crippen LogP contribution in [-0.2, 0) is 19.3 Å². The van der Waals surface area contributed by atoms with E-state index in [0.717, 1.165) is 19.3 Å². The summed E-state index contributed by atoms with van der Waals surface area (Å²) in [6.45, 7) is 6.68. The molecule has 0 saturated carbocycles. The Balaban J connectivity index is 1.56. The molecule has 0 aromatic heterocycles. The maximum atomic E-state index is 2.30. The van der Waals surface area contributed by atoms with Crippen LogP contribution in [0.1, 0.15) is 59.6 Å². The minimum absolute atomic E-state index is 0.650. The topological polar surface area (TPSA) is 0 Å². The van der Waals surface area contributed by atoms with Crippen molar-refractivity contribution in [1.82, 2.24) is 0 Å². The van der Waals surface area contributed by atoms with Gasteiger partial charge in [0.05, 0.1) is 0 Å². The molecule has 0 N–H and O–H groups in total. The average Bonchev–Trinajstić information content (AvgIpc) is 2.68. The maximum absolute atomic E-state index is 2.30. The van der Waals surface area contributed by atoms with Crippen LogP contribution < -0.4 is 0 Å². The van der Waals surface area contributed by atoms with Gasteiger partial charge in [-0.15, -0.1) is 0 Å². The van der Waals surface area contributed by atoms with Crippen LogP contribution >= 0.6 is 0 Å². The Morgan fingerprint density at radius 2 is 1.04 bits per heavy atom. The van der Waals surface area contributed by atoms with Crippen molar-refractivity contribution < 1.29 is 0 Å². The zero-order chi connectivity index (χ0) is 18.4. The Hall–Kier alpha value is -2.34. The fourth-order valence-corrected chi connectivity index (χ4v) is 3.30. The van der Waals surface area contributed by atoms with Crippen molar-refractivity contribution in [2.75, 3.05) is 0 Å². The van der Waals surface area contributed by atoms with Gasteiger partial charge in [-0.25, -0.2) is 0 Å². The molecule has 0 heteroatoms. The largest absolute Gasteiger partial charge is 0.0648 e. The summed E-state index contributed by atoms with van der Waals surface area (Å²) in [4.78, 5) is 0. The van der Waals surface area contributed by atoms with Crippen molar-refractivity contribution in [1.29, 1.82) is 0 Å². The molecule has 0 nitrogen and oxygen atoms in total. The van der Waals surface area contributed by atoms with E-state index in [-0.39, 0.29) is 0 Å². The summed E-state index contributed by atoms with van der Waals surface area (Å²) in [6, 6.07) is 27.2. The molecule has 1 atom stereocenters. The van der Waals surface area contributed by atoms with Gasteiger partial charge in [0, 0.05) is 0 Å². The standard InChI is InChI=1S/C26H30/c1-4-21(3)26-17-15-25(16-18-26)19-24-13-11-23(12-14-24)10-9-22-7-5-20(2)6-8-22/h5-8,11-18,21H,4,9-10,19H2,1-3H3. The Bertz CT molecular complexity index is 792. The first-order chi connectivity index (χ1) is 12.6. The molecule has 0 spiro atoms. The Morgan fingerprint density at radius 3 is 1.54 bits per heavy atom. The van der Waals surface area contributed by atoms with E-state index in [4.69, 9.17) is 0 Å². The molecule has 134 valence electrons. The maximum Gasteiger partial charge on any atom is -0.00258 e. The second-order valence-electron chi connectivity index (χ2n) is 7.53. The van der Waals surface area contributed by atoms with Crippen molar-refractivity contribution in [2.45, 2.75) is 52.4 Å². The van der Waals surface area contributed by atoms with Gasteiger partial charge in [-0.2, -0.15) is 0 Å². The third-order valence-corrected chi connectivity index (χ3v) is 5.42. The highest BCUT2D eigenvalue weighted by molar-refractivity contribution is 5.32. The van der Waals surface area contributed by atoms with Gasteiger partial charge in [0.25, 0.3) is 0 Å². The predicted octanol–water partition coefficient (Wildman–Crippen LogP) is 6.88. The molecule has 0 heterocycles. The van der Waals surface area contributed by atoms with E-state index in [1.165, 1.54) is 39.8 Å². The summed E-state index contributed by atoms with van der Waals surface area (Å²) < 4.78 is 0. The molecule has 3 aromatic rings. The zero-order valence-electron chi connectivity index (χ0n) is 16.3. The Labute approximate surface area is 158 Å². The molecule has 26 heavy (non-hydrogen) atoms. The third-order valence-electron chi connectivity index (χ3n) is 5.42. The summed E-state index contributed by atoms with van der Waals surface area (Å²) in [5.41, 5.74) is 8.39. The van der Waals surface area contributed by atoms with Gasteiger partial charge in [-0.1, -0.05) is 92.2 Å². The summed E-state index contributed by atoms with van der Waals surface area (Å²) in [6.07, 6.45) is 4.42. The first-order valence-electron chi connectivity index (χ1n) is 9.86. The van der Waals surface area contributed by atoms with E-state index in [1.54, 1.807) is 0 Å². The molecule has 0 radical (unpaired) electrons. The van der Waals surface area contributed by atoms with E-state index >= 15 is 0 Å². The number of benzene rings is 3. The van der Waals surface area contributed by atoms with Gasteiger partial charge < -0.3 is 0 Å². The van der Waals surface area contributed by atoms with E-state index in [9.17, 15) is 0 Å². The van der Waals surface area contributed by atoms with Gasteiger partial charge in [-0.3, -0.25) is 0 Å². The Kier molecular flexibility index (Phi) is 6.28. The molecular formula is C26H30. The lowest BCUT2D eigenvalue weighted by atomic mass is 9.95. The molecule has 0 amide bonds. The van der Waals surface area contributed by atoms with Crippen molar-refractivity contribution in [2.24, 2.45) is 0 Å². The minimum Gasteiger partial charge on any atom is -0.0648 e. The molecule has 0 bridgehead atoms. The van der Waals surface area contributed by atoms with E-state index < -0.39 is 0 Å². The minimum atomic E-state index is 0.650. The number of aryl methyl sites for hydroxylation is 3. The zero-order valence-corrected chi connectivity index (χ0v) is 16.3. The van der Waals surface area contributed by atoms with Gasteiger partial charge in [0.1, 0.15) is 0 Å². The van der Waals surface area contributed by atoms with Crippen LogP contribution in [0.2, 0.25) is 0 Å². The molecule has 1 unspecified atom stereocenters. The van der Waals surface area contributed by atoms with E-state index in [1.807, 2.05) is 0 Å². The van der Waals surface area contributed by atoms with Crippen LogP contribution in [0, 0.1) is 6.92 Å². The SMILES string of the molecule is CCC(C)c1ccc(Cc2ccc(CCc3ccc(C)cc3)cc2)cc1. The fraction of sp³-hybridized carbons (Fsp3) is 0.308. The molecule has 0 aliphatic carbocycles. The molecule has 3 aromatic carbocycles. The van der Waals surface area contributed by atoms with Crippen LogP contribution in [0.3, 0.4) is 0 Å². The van der Waals surface area contributed by atoms with Gasteiger partial charge in [-0.05, 0) is 66.3 Å². The number of hydrogen-bond acceptors (Lipinski definition) is 0. The highest BCUT2D eigenvalue weighted by Gasteiger charge is 2.03. The molecule has 0 saturated heterocycles. The van der Waals surface area contributed by atoms with Crippen LogP contribution in [0.25, 0.3) is 0 Å². The van der Waals surface area contributed by atoms with Crippen molar-refractivity contribution in [3.05, 3.63) is 106 Å². The first-order valence-corrected chi connectivity index (χ1v) is 9.86. The average molecular weight is 343 g/mol. The van der Waals surface area contributed by atoms with Crippen molar-refractivity contribution in [3.63, 3.8) is 0 Å². The second-order valence-corrected chi connectivity index (χ2v) is 7.53. The quantitative estimate of drug-likeness (QED) is 0.439. The molecule has 0 aliphatic heterocycles. The van der Waals surface area contributed by atoms with Crippen molar-refractivity contribution in [3.8, 4) is 0 Å². The van der Waals surface area contributed by atoms with Gasteiger partial charge in [0.2, 0.25) is 0 Å². The van der Waals surface area contributed by atoms with Gasteiger partial charge >= 0.3 is 0 Å². The summed E-state index contributed by atoms with van der Waals surface area (Å²) in [5.74, 6) is 0.650. The smallest absolute Gasteiger partial charge is 0.00258 e. The predicted molar refractivity (Wildman–Crippen MR) is 113 cm³/mol. The lowest BCUT2D eigenvalue weighted by Crippen LogP contribution is -1.94. The van der Waals surface area contributed by atoms with Crippen LogP contribution in [0.5, 0.6) is 0 Å². The normalized spacial score (nSPS) is 12.1. The van der Waals surface area contributed by atoms with Gasteiger partial charge in [0.15, 0.2) is 0 Å². The van der Waals surface area contributed by atoms with E-state index in [2.05, 4.69) is 93.6 Å². The molecule has 0 aliphatic rings. The second kappa shape index (κ2) is 8.85. The molecule has 0 fully saturated rings. The lowest BCUT2D eigenvalue weighted by molar-refractivity contribution is 0.733. The number of rotatable bonds is 7.